The van der Waals surface area contributed by atoms with Gasteiger partial charge < -0.3 is 33.0 Å². The van der Waals surface area contributed by atoms with Crippen LogP contribution in [0.15, 0.2) is 60.7 Å². The highest BCUT2D eigenvalue weighted by Crippen LogP contribution is 2.43. The van der Waals surface area contributed by atoms with Crippen LogP contribution in [0, 0.1) is 0 Å². The molecule has 0 amide bonds. The minimum absolute atomic E-state index is 0. The van der Waals surface area contributed by atoms with Crippen LogP contribution in [-0.4, -0.2) is 38.3 Å². The first-order valence-electron chi connectivity index (χ1n) is 6.93. The molecule has 0 atom stereocenters. The van der Waals surface area contributed by atoms with Crippen LogP contribution in [0.2, 0.25) is 0 Å². The lowest BCUT2D eigenvalue weighted by Crippen LogP contribution is -3.00. The number of hydrogen-bond donors (Lipinski definition) is 0. The Bertz CT molecular complexity index is 550. The lowest BCUT2D eigenvalue weighted by Gasteiger charge is -2.27. The molecule has 0 aromatic heterocycles. The molecule has 0 aliphatic rings. The van der Waals surface area contributed by atoms with Crippen molar-refractivity contribution in [1.82, 2.24) is 0 Å². The second-order valence-corrected chi connectivity index (χ2v) is 9.11. The minimum Gasteiger partial charge on any atom is -1.00 e. The molecular formula is C17H23INOP. The van der Waals surface area contributed by atoms with Gasteiger partial charge in [0.1, 0.15) is 7.14 Å². The van der Waals surface area contributed by atoms with Crippen molar-refractivity contribution in [3.63, 3.8) is 0 Å². The maximum atomic E-state index is 13.7. The van der Waals surface area contributed by atoms with Crippen LogP contribution in [0.4, 0.5) is 0 Å². The maximum Gasteiger partial charge on any atom is 0.148 e. The Morgan fingerprint density at radius 2 is 1.19 bits per heavy atom. The summed E-state index contributed by atoms with van der Waals surface area (Å²) in [5.41, 5.74) is 0. The Kier molecular flexibility index (Phi) is 6.64. The van der Waals surface area contributed by atoms with E-state index in [0.29, 0.717) is 6.16 Å². The Morgan fingerprint density at radius 1 is 0.810 bits per heavy atom. The van der Waals surface area contributed by atoms with E-state index in [9.17, 15) is 4.57 Å². The number of rotatable bonds is 5. The van der Waals surface area contributed by atoms with Crippen LogP contribution in [0.25, 0.3) is 0 Å². The molecule has 21 heavy (non-hydrogen) atoms. The summed E-state index contributed by atoms with van der Waals surface area (Å²) in [6, 6.07) is 19.8. The molecule has 114 valence electrons. The van der Waals surface area contributed by atoms with Gasteiger partial charge in [-0.25, -0.2) is 0 Å². The largest absolute Gasteiger partial charge is 1.00 e. The first-order chi connectivity index (χ1) is 9.42. The molecule has 0 spiro atoms. The SMILES string of the molecule is C[N+](C)(C)CCP(=O)(c1ccccc1)c1ccccc1.[I-]. The van der Waals surface area contributed by atoms with Gasteiger partial charge in [0.2, 0.25) is 0 Å². The quantitative estimate of drug-likeness (QED) is 0.373. The zero-order valence-electron chi connectivity index (χ0n) is 12.9. The van der Waals surface area contributed by atoms with E-state index in [1.807, 2.05) is 60.7 Å². The van der Waals surface area contributed by atoms with Gasteiger partial charge in [-0.15, -0.1) is 0 Å². The first kappa shape index (κ1) is 18.4. The molecule has 0 heterocycles. The fourth-order valence-electron chi connectivity index (χ4n) is 2.19. The fraction of sp³-hybridized carbons (Fsp3) is 0.294. The van der Waals surface area contributed by atoms with E-state index in [4.69, 9.17) is 0 Å². The Morgan fingerprint density at radius 3 is 1.52 bits per heavy atom. The van der Waals surface area contributed by atoms with Crippen LogP contribution >= 0.6 is 7.14 Å². The van der Waals surface area contributed by atoms with Gasteiger partial charge in [0.25, 0.3) is 0 Å². The van der Waals surface area contributed by atoms with E-state index in [0.717, 1.165) is 21.6 Å². The molecule has 0 aliphatic heterocycles. The van der Waals surface area contributed by atoms with Crippen LogP contribution in [0.1, 0.15) is 0 Å². The molecule has 2 aromatic carbocycles. The van der Waals surface area contributed by atoms with Crippen molar-refractivity contribution in [3.05, 3.63) is 60.7 Å². The van der Waals surface area contributed by atoms with Gasteiger partial charge in [-0.3, -0.25) is 0 Å². The number of nitrogens with zero attached hydrogens (tertiary/aromatic N) is 1. The molecule has 0 N–H and O–H groups in total. The van der Waals surface area contributed by atoms with Crippen molar-refractivity contribution in [2.45, 2.75) is 0 Å². The molecule has 0 aliphatic carbocycles. The van der Waals surface area contributed by atoms with Gasteiger partial charge in [0.15, 0.2) is 0 Å². The molecule has 2 nitrogen and oxygen atoms in total. The summed E-state index contributed by atoms with van der Waals surface area (Å²) in [7, 11) is 3.88. The third-order valence-corrected chi connectivity index (χ3v) is 6.53. The molecular weight excluding hydrogens is 392 g/mol. The van der Waals surface area contributed by atoms with Crippen molar-refractivity contribution in [3.8, 4) is 0 Å². The van der Waals surface area contributed by atoms with Gasteiger partial charge >= 0.3 is 0 Å². The van der Waals surface area contributed by atoms with E-state index < -0.39 is 7.14 Å². The van der Waals surface area contributed by atoms with E-state index in [-0.39, 0.29) is 24.0 Å². The number of quaternary nitrogens is 1. The molecule has 0 unspecified atom stereocenters. The van der Waals surface area contributed by atoms with Crippen molar-refractivity contribution in [1.29, 1.82) is 0 Å². The second-order valence-electron chi connectivity index (χ2n) is 6.15. The molecule has 0 saturated carbocycles. The van der Waals surface area contributed by atoms with Crippen molar-refractivity contribution in [2.75, 3.05) is 33.8 Å². The zero-order valence-corrected chi connectivity index (χ0v) is 15.9. The van der Waals surface area contributed by atoms with Crippen molar-refractivity contribution >= 4 is 17.8 Å². The predicted molar refractivity (Wildman–Crippen MR) is 87.5 cm³/mol. The van der Waals surface area contributed by atoms with E-state index >= 15 is 0 Å². The maximum absolute atomic E-state index is 13.7. The lowest BCUT2D eigenvalue weighted by molar-refractivity contribution is -0.867. The van der Waals surface area contributed by atoms with Crippen molar-refractivity contribution in [2.24, 2.45) is 0 Å². The van der Waals surface area contributed by atoms with Gasteiger partial charge in [-0.05, 0) is 0 Å². The van der Waals surface area contributed by atoms with Crippen LogP contribution in [-0.2, 0) is 4.57 Å². The smallest absolute Gasteiger partial charge is 0.148 e. The summed E-state index contributed by atoms with van der Waals surface area (Å²) < 4.78 is 14.5. The molecule has 0 saturated heterocycles. The number of hydrogen-bond acceptors (Lipinski definition) is 1. The Labute approximate surface area is 145 Å². The fourth-order valence-corrected chi connectivity index (χ4v) is 5.19. The summed E-state index contributed by atoms with van der Waals surface area (Å²) in [6.07, 6.45) is 0.699. The van der Waals surface area contributed by atoms with Gasteiger partial charge in [0, 0.05) is 10.6 Å². The molecule has 2 aromatic rings. The highest BCUT2D eigenvalue weighted by molar-refractivity contribution is 7.78. The normalized spacial score (nSPS) is 11.8. The predicted octanol–water partition coefficient (Wildman–Crippen LogP) is -0.289. The lowest BCUT2D eigenvalue weighted by atomic mass is 10.4. The van der Waals surface area contributed by atoms with Crippen LogP contribution in [0.3, 0.4) is 0 Å². The van der Waals surface area contributed by atoms with Crippen LogP contribution < -0.4 is 34.6 Å². The van der Waals surface area contributed by atoms with Crippen LogP contribution in [0.5, 0.6) is 0 Å². The Hall–Kier alpha value is -0.640. The van der Waals surface area contributed by atoms with Gasteiger partial charge in [0.05, 0.1) is 33.8 Å². The second kappa shape index (κ2) is 7.57. The standard InChI is InChI=1S/C17H23NOP.HI/c1-18(2,3)14-15-20(19,16-10-6-4-7-11-16)17-12-8-5-9-13-17;/h4-13H,14-15H2,1-3H3;1H/q+1;/p-1. The minimum atomic E-state index is -2.54. The zero-order chi connectivity index (χ0) is 14.6. The van der Waals surface area contributed by atoms with E-state index in [2.05, 4.69) is 21.1 Å². The summed E-state index contributed by atoms with van der Waals surface area (Å²) in [6.45, 7) is 0.890. The summed E-state index contributed by atoms with van der Waals surface area (Å²) in [4.78, 5) is 0. The molecule has 0 fully saturated rings. The van der Waals surface area contributed by atoms with Gasteiger partial charge in [-0.2, -0.15) is 0 Å². The molecule has 0 bridgehead atoms. The number of benzene rings is 2. The average molecular weight is 415 g/mol. The van der Waals surface area contributed by atoms with E-state index in [1.165, 1.54) is 0 Å². The summed E-state index contributed by atoms with van der Waals surface area (Å²) >= 11 is 0. The highest BCUT2D eigenvalue weighted by atomic mass is 127. The third-order valence-electron chi connectivity index (χ3n) is 3.43. The third kappa shape index (κ3) is 4.94. The summed E-state index contributed by atoms with van der Waals surface area (Å²) in [5, 5.41) is 1.92. The number of halogens is 1. The Balaban J connectivity index is 0.00000220. The average Bonchev–Trinajstić information content (AvgIpc) is 2.46. The monoisotopic (exact) mass is 415 g/mol. The van der Waals surface area contributed by atoms with Crippen molar-refractivity contribution < 1.29 is 33.0 Å². The first-order valence-corrected chi connectivity index (χ1v) is 8.82. The molecule has 4 heteroatoms. The molecule has 0 radical (unpaired) electrons. The topological polar surface area (TPSA) is 17.1 Å². The molecule has 2 rings (SSSR count). The summed E-state index contributed by atoms with van der Waals surface area (Å²) in [5.74, 6) is 0. The van der Waals surface area contributed by atoms with E-state index in [1.54, 1.807) is 0 Å². The highest BCUT2D eigenvalue weighted by Gasteiger charge is 2.29. The van der Waals surface area contributed by atoms with Gasteiger partial charge in [-0.1, -0.05) is 60.7 Å².